The molecule has 0 bridgehead atoms. The maximum absolute atomic E-state index is 5.01. The van der Waals surface area contributed by atoms with Crippen LogP contribution in [0.4, 0.5) is 5.95 Å². The lowest BCUT2D eigenvalue weighted by Gasteiger charge is -2.15. The highest BCUT2D eigenvalue weighted by Gasteiger charge is 2.19. The number of aromatic nitrogens is 3. The average molecular weight is 371 g/mol. The van der Waals surface area contributed by atoms with Crippen molar-refractivity contribution in [3.05, 3.63) is 70.9 Å². The van der Waals surface area contributed by atoms with Crippen LogP contribution in [0, 0.1) is 27.7 Å². The van der Waals surface area contributed by atoms with Crippen molar-refractivity contribution in [3.63, 3.8) is 0 Å². The minimum absolute atomic E-state index is 0.879. The summed E-state index contributed by atoms with van der Waals surface area (Å²) in [6.07, 6.45) is 1.88. The first-order valence-electron chi connectivity index (χ1n) is 9.55. The molecular formula is C24H26N4. The van der Waals surface area contributed by atoms with Crippen molar-refractivity contribution < 1.29 is 0 Å². The Kier molecular flexibility index (Phi) is 4.42. The molecule has 4 rings (SSSR count). The number of nitrogens with zero attached hydrogens (tertiary/aromatic N) is 4. The summed E-state index contributed by atoms with van der Waals surface area (Å²) in [7, 11) is 4.05. The summed E-state index contributed by atoms with van der Waals surface area (Å²) in [5, 5.41) is 0. The van der Waals surface area contributed by atoms with Crippen molar-refractivity contribution in [3.8, 4) is 16.8 Å². The first-order valence-corrected chi connectivity index (χ1v) is 9.55. The summed E-state index contributed by atoms with van der Waals surface area (Å²) < 4.78 is 2.15. The van der Waals surface area contributed by atoms with E-state index >= 15 is 0 Å². The van der Waals surface area contributed by atoms with Gasteiger partial charge < -0.3 is 4.90 Å². The molecule has 2 aromatic carbocycles. The lowest BCUT2D eigenvalue weighted by molar-refractivity contribution is 0.960. The second-order valence-corrected chi connectivity index (χ2v) is 7.89. The number of fused-ring (bicyclic) bond motifs is 1. The fourth-order valence-electron chi connectivity index (χ4n) is 3.94. The summed E-state index contributed by atoms with van der Waals surface area (Å²) in [6, 6.07) is 15.3. The van der Waals surface area contributed by atoms with Crippen molar-refractivity contribution in [1.29, 1.82) is 0 Å². The second kappa shape index (κ2) is 6.79. The van der Waals surface area contributed by atoms with E-state index in [-0.39, 0.29) is 0 Å². The van der Waals surface area contributed by atoms with Crippen LogP contribution < -0.4 is 4.90 Å². The van der Waals surface area contributed by atoms with Gasteiger partial charge in [-0.05, 0) is 62.6 Å². The van der Waals surface area contributed by atoms with Crippen LogP contribution in [0.25, 0.3) is 28.0 Å². The summed E-state index contributed by atoms with van der Waals surface area (Å²) >= 11 is 0. The summed E-state index contributed by atoms with van der Waals surface area (Å²) in [6.45, 7) is 8.52. The van der Waals surface area contributed by atoms with E-state index in [1.54, 1.807) is 0 Å². The van der Waals surface area contributed by atoms with Crippen molar-refractivity contribution in [2.24, 2.45) is 0 Å². The van der Waals surface area contributed by atoms with E-state index in [0.29, 0.717) is 0 Å². The molecular weight excluding hydrogens is 344 g/mol. The van der Waals surface area contributed by atoms with Crippen LogP contribution in [0.2, 0.25) is 0 Å². The molecule has 0 atom stereocenters. The molecule has 0 amide bonds. The molecule has 0 unspecified atom stereocenters. The van der Waals surface area contributed by atoms with E-state index in [0.717, 1.165) is 28.4 Å². The van der Waals surface area contributed by atoms with Gasteiger partial charge in [0.15, 0.2) is 5.65 Å². The number of benzene rings is 2. The van der Waals surface area contributed by atoms with Crippen LogP contribution in [-0.2, 0) is 0 Å². The zero-order chi connectivity index (χ0) is 20.0. The quantitative estimate of drug-likeness (QED) is 0.485. The van der Waals surface area contributed by atoms with Gasteiger partial charge in [-0.15, -0.1) is 0 Å². The highest BCUT2D eigenvalue weighted by atomic mass is 15.3. The molecule has 0 fully saturated rings. The first-order chi connectivity index (χ1) is 13.3. The van der Waals surface area contributed by atoms with Gasteiger partial charge in [0.1, 0.15) is 5.52 Å². The molecule has 28 heavy (non-hydrogen) atoms. The third-order valence-corrected chi connectivity index (χ3v) is 4.93. The molecule has 2 aromatic heterocycles. The van der Waals surface area contributed by atoms with Crippen LogP contribution in [0.1, 0.15) is 22.3 Å². The van der Waals surface area contributed by atoms with E-state index in [1.807, 2.05) is 25.2 Å². The third kappa shape index (κ3) is 3.15. The number of rotatable bonds is 3. The minimum atomic E-state index is 0.879. The van der Waals surface area contributed by atoms with Gasteiger partial charge in [0.25, 0.3) is 0 Å². The van der Waals surface area contributed by atoms with Crippen LogP contribution in [0.5, 0.6) is 0 Å². The average Bonchev–Trinajstić information content (AvgIpc) is 2.99. The first kappa shape index (κ1) is 18.2. The Labute approximate surface area is 166 Å². The van der Waals surface area contributed by atoms with E-state index in [1.165, 1.54) is 27.8 Å². The Balaban J connectivity index is 2.05. The fourth-order valence-corrected chi connectivity index (χ4v) is 3.94. The number of anilines is 1. The zero-order valence-corrected chi connectivity index (χ0v) is 17.4. The van der Waals surface area contributed by atoms with E-state index in [4.69, 9.17) is 9.97 Å². The summed E-state index contributed by atoms with van der Waals surface area (Å²) in [4.78, 5) is 11.8. The fraction of sp³-hybridized carbons (Fsp3) is 0.250. The molecule has 0 saturated heterocycles. The molecule has 0 aliphatic heterocycles. The van der Waals surface area contributed by atoms with Gasteiger partial charge in [0, 0.05) is 25.9 Å². The Bertz CT molecular complexity index is 1140. The molecule has 4 aromatic rings. The van der Waals surface area contributed by atoms with Gasteiger partial charge in [-0.2, -0.15) is 0 Å². The topological polar surface area (TPSA) is 34.0 Å². The molecule has 4 heteroatoms. The SMILES string of the molecule is Cc1cc(C)cc(-c2ccnc3c2nc(N(C)C)n3-c2cc(C)cc(C)c2)c1. The predicted octanol–water partition coefficient (Wildman–Crippen LogP) is 5.39. The molecule has 0 saturated carbocycles. The highest BCUT2D eigenvalue weighted by molar-refractivity contribution is 5.92. The molecule has 2 heterocycles. The van der Waals surface area contributed by atoms with Gasteiger partial charge in [-0.1, -0.05) is 35.4 Å². The van der Waals surface area contributed by atoms with Gasteiger partial charge >= 0.3 is 0 Å². The maximum atomic E-state index is 5.01. The van der Waals surface area contributed by atoms with Crippen molar-refractivity contribution in [2.75, 3.05) is 19.0 Å². The lowest BCUT2D eigenvalue weighted by atomic mass is 10.0. The highest BCUT2D eigenvalue weighted by Crippen LogP contribution is 2.33. The monoisotopic (exact) mass is 370 g/mol. The van der Waals surface area contributed by atoms with Crippen LogP contribution in [0.3, 0.4) is 0 Å². The summed E-state index contributed by atoms with van der Waals surface area (Å²) in [5.41, 5.74) is 10.2. The maximum Gasteiger partial charge on any atom is 0.212 e. The number of pyridine rings is 1. The number of hydrogen-bond acceptors (Lipinski definition) is 3. The predicted molar refractivity (Wildman–Crippen MR) is 118 cm³/mol. The number of aryl methyl sites for hydroxylation is 4. The lowest BCUT2D eigenvalue weighted by Crippen LogP contribution is -2.15. The molecule has 0 aliphatic rings. The molecule has 142 valence electrons. The van der Waals surface area contributed by atoms with E-state index in [9.17, 15) is 0 Å². The van der Waals surface area contributed by atoms with Crippen LogP contribution >= 0.6 is 0 Å². The molecule has 0 radical (unpaired) electrons. The van der Waals surface area contributed by atoms with Crippen molar-refractivity contribution in [2.45, 2.75) is 27.7 Å². The van der Waals surface area contributed by atoms with Gasteiger partial charge in [0.2, 0.25) is 5.95 Å². The molecule has 4 nitrogen and oxygen atoms in total. The Morgan fingerprint density at radius 3 is 1.93 bits per heavy atom. The third-order valence-electron chi connectivity index (χ3n) is 4.93. The number of hydrogen-bond donors (Lipinski definition) is 0. The van der Waals surface area contributed by atoms with Gasteiger partial charge in [-0.25, -0.2) is 9.97 Å². The molecule has 0 N–H and O–H groups in total. The van der Waals surface area contributed by atoms with Crippen LogP contribution in [0.15, 0.2) is 48.7 Å². The Morgan fingerprint density at radius 1 is 0.786 bits per heavy atom. The summed E-state index contributed by atoms with van der Waals surface area (Å²) in [5.74, 6) is 0.879. The van der Waals surface area contributed by atoms with Gasteiger partial charge in [-0.3, -0.25) is 4.57 Å². The minimum Gasteiger partial charge on any atom is -0.348 e. The van der Waals surface area contributed by atoms with Crippen molar-refractivity contribution in [1.82, 2.24) is 14.5 Å². The number of imidazole rings is 1. The standard InChI is InChI=1S/C24H26N4/c1-15-9-16(2)12-19(11-15)21-7-8-25-23-22(21)26-24(27(5)6)28(23)20-13-17(3)10-18(4)14-20/h7-14H,1-6H3. The smallest absolute Gasteiger partial charge is 0.212 e. The zero-order valence-electron chi connectivity index (χ0n) is 17.4. The Morgan fingerprint density at radius 2 is 1.36 bits per heavy atom. The normalized spacial score (nSPS) is 11.2. The van der Waals surface area contributed by atoms with E-state index < -0.39 is 0 Å². The van der Waals surface area contributed by atoms with Crippen molar-refractivity contribution >= 4 is 17.1 Å². The molecule has 0 spiro atoms. The molecule has 0 aliphatic carbocycles. The van der Waals surface area contributed by atoms with E-state index in [2.05, 4.69) is 74.7 Å². The van der Waals surface area contributed by atoms with Gasteiger partial charge in [0.05, 0.1) is 5.69 Å². The van der Waals surface area contributed by atoms with Crippen LogP contribution in [-0.4, -0.2) is 28.6 Å². The second-order valence-electron chi connectivity index (χ2n) is 7.89. The largest absolute Gasteiger partial charge is 0.348 e. The Hall–Kier alpha value is -3.14.